The van der Waals surface area contributed by atoms with E-state index in [0.717, 1.165) is 25.9 Å². The number of carbonyl (C=O) groups is 1. The van der Waals surface area contributed by atoms with Crippen LogP contribution in [-0.2, 0) is 0 Å². The molecule has 1 aromatic rings. The van der Waals surface area contributed by atoms with E-state index in [1.807, 2.05) is 23.1 Å². The molecule has 1 heterocycles. The molecular weight excluding hydrogens is 244 g/mol. The Morgan fingerprint density at radius 2 is 2.00 bits per heavy atom. The van der Waals surface area contributed by atoms with Crippen LogP contribution in [0.5, 0.6) is 0 Å². The molecule has 0 spiro atoms. The molecule has 1 saturated heterocycles. The Balaban J connectivity index is 2.09. The molecule has 0 saturated carbocycles. The van der Waals surface area contributed by atoms with Gasteiger partial charge in [-0.15, -0.1) is 0 Å². The van der Waals surface area contributed by atoms with Crippen LogP contribution in [0.1, 0.15) is 23.2 Å². The average Bonchev–Trinajstić information content (AvgIpc) is 2.98. The highest BCUT2D eigenvalue weighted by molar-refractivity contribution is 5.99. The number of nitrogens with zero attached hydrogens (tertiary/aromatic N) is 1. The Hall–Kier alpha value is -1.59. The summed E-state index contributed by atoms with van der Waals surface area (Å²) in [4.78, 5) is 14.2. The van der Waals surface area contributed by atoms with Crippen LogP contribution in [0, 0.1) is 0 Å². The monoisotopic (exact) mass is 264 g/mol. The number of aliphatic hydroxyl groups is 2. The molecule has 19 heavy (non-hydrogen) atoms. The second-order valence-corrected chi connectivity index (χ2v) is 4.76. The fourth-order valence-electron chi connectivity index (χ4n) is 2.21. The van der Waals surface area contributed by atoms with Crippen molar-refractivity contribution < 1.29 is 15.0 Å². The third kappa shape index (κ3) is 3.45. The van der Waals surface area contributed by atoms with Gasteiger partial charge in [-0.1, -0.05) is 12.1 Å². The van der Waals surface area contributed by atoms with E-state index in [2.05, 4.69) is 5.32 Å². The number of rotatable bonds is 5. The normalized spacial score (nSPS) is 16.4. The molecule has 0 aliphatic carbocycles. The Bertz CT molecular complexity index is 430. The van der Waals surface area contributed by atoms with Crippen molar-refractivity contribution in [1.29, 1.82) is 0 Å². The summed E-state index contributed by atoms with van der Waals surface area (Å²) in [6, 6.07) is 7.27. The number of benzene rings is 1. The summed E-state index contributed by atoms with van der Waals surface area (Å²) in [5.41, 5.74) is 1.32. The van der Waals surface area contributed by atoms with Crippen LogP contribution in [0.2, 0.25) is 0 Å². The molecule has 5 nitrogen and oxygen atoms in total. The molecule has 1 aliphatic rings. The highest BCUT2D eigenvalue weighted by Gasteiger charge is 2.21. The minimum atomic E-state index is -0.824. The molecule has 1 atom stereocenters. The van der Waals surface area contributed by atoms with Crippen molar-refractivity contribution in [1.82, 2.24) is 4.90 Å². The highest BCUT2D eigenvalue weighted by atomic mass is 16.3. The summed E-state index contributed by atoms with van der Waals surface area (Å²) in [6.07, 6.45) is 1.30. The number of likely N-dealkylation sites (tertiary alicyclic amines) is 1. The van der Waals surface area contributed by atoms with E-state index < -0.39 is 6.10 Å². The van der Waals surface area contributed by atoms with Gasteiger partial charge in [-0.2, -0.15) is 0 Å². The molecule has 0 radical (unpaired) electrons. The molecule has 1 fully saturated rings. The van der Waals surface area contributed by atoms with Gasteiger partial charge in [-0.05, 0) is 25.0 Å². The number of anilines is 1. The molecule has 1 aliphatic heterocycles. The van der Waals surface area contributed by atoms with Crippen LogP contribution >= 0.6 is 0 Å². The van der Waals surface area contributed by atoms with Crippen molar-refractivity contribution in [2.24, 2.45) is 0 Å². The van der Waals surface area contributed by atoms with E-state index in [-0.39, 0.29) is 19.1 Å². The van der Waals surface area contributed by atoms with E-state index in [1.54, 1.807) is 6.07 Å². The smallest absolute Gasteiger partial charge is 0.255 e. The van der Waals surface area contributed by atoms with Crippen LogP contribution in [0.15, 0.2) is 24.3 Å². The van der Waals surface area contributed by atoms with Crippen LogP contribution in [0.3, 0.4) is 0 Å². The molecular formula is C14H20N2O3. The van der Waals surface area contributed by atoms with E-state index in [9.17, 15) is 9.90 Å². The van der Waals surface area contributed by atoms with Gasteiger partial charge in [0.05, 0.1) is 18.3 Å². The van der Waals surface area contributed by atoms with Crippen molar-refractivity contribution in [3.05, 3.63) is 29.8 Å². The predicted octanol–water partition coefficient (Wildman–Crippen LogP) is 0.688. The van der Waals surface area contributed by atoms with E-state index in [0.29, 0.717) is 11.3 Å². The second kappa shape index (κ2) is 6.54. The maximum atomic E-state index is 12.4. The van der Waals surface area contributed by atoms with Gasteiger partial charge in [0.2, 0.25) is 0 Å². The van der Waals surface area contributed by atoms with E-state index in [1.165, 1.54) is 0 Å². The van der Waals surface area contributed by atoms with Gasteiger partial charge < -0.3 is 20.4 Å². The fraction of sp³-hybridized carbons (Fsp3) is 0.500. The molecule has 3 N–H and O–H groups in total. The van der Waals surface area contributed by atoms with Gasteiger partial charge >= 0.3 is 0 Å². The van der Waals surface area contributed by atoms with E-state index in [4.69, 9.17) is 5.11 Å². The van der Waals surface area contributed by atoms with Gasteiger partial charge in [0.15, 0.2) is 0 Å². The summed E-state index contributed by atoms with van der Waals surface area (Å²) in [5.74, 6) is 0.0269. The van der Waals surface area contributed by atoms with E-state index >= 15 is 0 Å². The number of aliphatic hydroxyl groups excluding tert-OH is 2. The first-order chi connectivity index (χ1) is 9.22. The van der Waals surface area contributed by atoms with Crippen LogP contribution in [0.4, 0.5) is 5.69 Å². The molecule has 0 bridgehead atoms. The predicted molar refractivity (Wildman–Crippen MR) is 73.2 cm³/mol. The first-order valence-corrected chi connectivity index (χ1v) is 6.63. The topological polar surface area (TPSA) is 72.8 Å². The Labute approximate surface area is 112 Å². The Morgan fingerprint density at radius 3 is 2.68 bits per heavy atom. The lowest BCUT2D eigenvalue weighted by molar-refractivity contribution is 0.0793. The van der Waals surface area contributed by atoms with Crippen molar-refractivity contribution in [3.8, 4) is 0 Å². The second-order valence-electron chi connectivity index (χ2n) is 4.76. The van der Waals surface area contributed by atoms with Crippen LogP contribution in [-0.4, -0.2) is 53.4 Å². The third-order valence-electron chi connectivity index (χ3n) is 3.29. The third-order valence-corrected chi connectivity index (χ3v) is 3.29. The molecule has 1 unspecified atom stereocenters. The lowest BCUT2D eigenvalue weighted by Crippen LogP contribution is -2.29. The maximum Gasteiger partial charge on any atom is 0.255 e. The lowest BCUT2D eigenvalue weighted by Gasteiger charge is -2.19. The first kappa shape index (κ1) is 13.8. The van der Waals surface area contributed by atoms with Gasteiger partial charge in [0, 0.05) is 25.3 Å². The minimum Gasteiger partial charge on any atom is -0.394 e. The highest BCUT2D eigenvalue weighted by Crippen LogP contribution is 2.20. The molecule has 5 heteroatoms. The number of amides is 1. The standard InChI is InChI=1S/C14H20N2O3/c17-10-11(18)9-15-13-6-2-1-5-12(13)14(19)16-7-3-4-8-16/h1-2,5-6,11,15,17-18H,3-4,7-10H2. The Kier molecular flexibility index (Phi) is 4.76. The number of hydrogen-bond donors (Lipinski definition) is 3. The minimum absolute atomic E-state index is 0.0269. The zero-order chi connectivity index (χ0) is 13.7. The van der Waals surface area contributed by atoms with Gasteiger partial charge in [0.25, 0.3) is 5.91 Å². The molecule has 104 valence electrons. The zero-order valence-corrected chi connectivity index (χ0v) is 10.9. The average molecular weight is 264 g/mol. The molecule has 1 amide bonds. The first-order valence-electron chi connectivity index (χ1n) is 6.63. The molecule has 0 aromatic heterocycles. The largest absolute Gasteiger partial charge is 0.394 e. The van der Waals surface area contributed by atoms with Crippen molar-refractivity contribution >= 4 is 11.6 Å². The summed E-state index contributed by atoms with van der Waals surface area (Å²) < 4.78 is 0. The SMILES string of the molecule is O=C(c1ccccc1NCC(O)CO)N1CCCC1. The van der Waals surface area contributed by atoms with Crippen molar-refractivity contribution in [3.63, 3.8) is 0 Å². The van der Waals surface area contributed by atoms with Crippen LogP contribution in [0.25, 0.3) is 0 Å². The number of para-hydroxylation sites is 1. The summed E-state index contributed by atoms with van der Waals surface area (Å²) in [6.45, 7) is 1.55. The van der Waals surface area contributed by atoms with Crippen molar-refractivity contribution in [2.45, 2.75) is 18.9 Å². The summed E-state index contributed by atoms with van der Waals surface area (Å²) in [7, 11) is 0. The quantitative estimate of drug-likeness (QED) is 0.731. The van der Waals surface area contributed by atoms with Crippen LogP contribution < -0.4 is 5.32 Å². The zero-order valence-electron chi connectivity index (χ0n) is 10.9. The lowest BCUT2D eigenvalue weighted by atomic mass is 10.1. The van der Waals surface area contributed by atoms with Crippen molar-refractivity contribution in [2.75, 3.05) is 31.6 Å². The molecule has 1 aromatic carbocycles. The maximum absolute atomic E-state index is 12.4. The van der Waals surface area contributed by atoms with Gasteiger partial charge in [0.1, 0.15) is 0 Å². The number of carbonyl (C=O) groups excluding carboxylic acids is 1. The number of nitrogens with one attached hydrogen (secondary N) is 1. The fourth-order valence-corrected chi connectivity index (χ4v) is 2.21. The summed E-state index contributed by atoms with van der Waals surface area (Å²) in [5, 5.41) is 21.2. The van der Waals surface area contributed by atoms with Gasteiger partial charge in [-0.25, -0.2) is 0 Å². The molecule has 2 rings (SSSR count). The summed E-state index contributed by atoms with van der Waals surface area (Å²) >= 11 is 0. The number of hydrogen-bond acceptors (Lipinski definition) is 4. The Morgan fingerprint density at radius 1 is 1.32 bits per heavy atom. The van der Waals surface area contributed by atoms with Gasteiger partial charge in [-0.3, -0.25) is 4.79 Å².